The van der Waals surface area contributed by atoms with Gasteiger partial charge in [0.1, 0.15) is 0 Å². The van der Waals surface area contributed by atoms with Gasteiger partial charge in [-0.1, -0.05) is 36.4 Å². The summed E-state index contributed by atoms with van der Waals surface area (Å²) in [4.78, 5) is 2.63. The fourth-order valence-corrected chi connectivity index (χ4v) is 4.48. The van der Waals surface area contributed by atoms with Gasteiger partial charge in [0.05, 0.1) is 4.90 Å². The molecule has 2 aromatic carbocycles. The number of nitrogens with zero attached hydrogens (tertiary/aromatic N) is 2. The van der Waals surface area contributed by atoms with Crippen molar-refractivity contribution in [3.05, 3.63) is 60.7 Å². The number of para-hydroxylation sites is 1. The first-order chi connectivity index (χ1) is 11.1. The van der Waals surface area contributed by atoms with E-state index in [1.54, 1.807) is 31.3 Å². The molecule has 1 aliphatic heterocycles. The molecule has 1 atom stereocenters. The number of anilines is 1. The second-order valence-electron chi connectivity index (χ2n) is 5.91. The zero-order valence-corrected chi connectivity index (χ0v) is 14.1. The van der Waals surface area contributed by atoms with Crippen LogP contribution < -0.4 is 4.90 Å². The van der Waals surface area contributed by atoms with Crippen LogP contribution in [0.3, 0.4) is 0 Å². The van der Waals surface area contributed by atoms with E-state index in [2.05, 4.69) is 17.0 Å². The molecule has 0 radical (unpaired) electrons. The summed E-state index contributed by atoms with van der Waals surface area (Å²) in [5, 5.41) is 0. The van der Waals surface area contributed by atoms with Gasteiger partial charge in [-0.05, 0) is 37.1 Å². The number of piperidine rings is 1. The first-order valence-corrected chi connectivity index (χ1v) is 9.36. The van der Waals surface area contributed by atoms with Crippen LogP contribution in [0.1, 0.15) is 12.8 Å². The van der Waals surface area contributed by atoms with Gasteiger partial charge in [0.15, 0.2) is 0 Å². The topological polar surface area (TPSA) is 40.6 Å². The highest BCUT2D eigenvalue weighted by Crippen LogP contribution is 2.25. The van der Waals surface area contributed by atoms with Crippen molar-refractivity contribution in [1.82, 2.24) is 4.31 Å². The summed E-state index contributed by atoms with van der Waals surface area (Å²) in [6, 6.07) is 18.8. The predicted octanol–water partition coefficient (Wildman–Crippen LogP) is 2.98. The lowest BCUT2D eigenvalue weighted by atomic mass is 10.1. The van der Waals surface area contributed by atoms with Crippen molar-refractivity contribution in [1.29, 1.82) is 0 Å². The monoisotopic (exact) mass is 330 g/mol. The second kappa shape index (κ2) is 6.72. The van der Waals surface area contributed by atoms with E-state index in [1.807, 2.05) is 24.3 Å². The molecule has 2 aromatic rings. The summed E-state index contributed by atoms with van der Waals surface area (Å²) in [5.41, 5.74) is 1.16. The van der Waals surface area contributed by atoms with Crippen molar-refractivity contribution in [2.45, 2.75) is 23.8 Å². The molecular formula is C18H22N2O2S. The molecule has 5 heteroatoms. The molecule has 0 amide bonds. The van der Waals surface area contributed by atoms with Crippen LogP contribution in [0.2, 0.25) is 0 Å². The Balaban J connectivity index is 1.78. The Kier molecular flexibility index (Phi) is 4.68. The zero-order valence-electron chi connectivity index (χ0n) is 13.3. The highest BCUT2D eigenvalue weighted by atomic mass is 32.2. The van der Waals surface area contributed by atoms with Gasteiger partial charge in [-0.15, -0.1) is 0 Å². The van der Waals surface area contributed by atoms with Gasteiger partial charge < -0.3 is 4.90 Å². The molecule has 1 unspecified atom stereocenters. The molecule has 0 spiro atoms. The van der Waals surface area contributed by atoms with Crippen LogP contribution in [0.25, 0.3) is 0 Å². The third kappa shape index (κ3) is 3.41. The maximum Gasteiger partial charge on any atom is 0.243 e. The molecule has 1 saturated heterocycles. The van der Waals surface area contributed by atoms with Crippen molar-refractivity contribution >= 4 is 15.7 Å². The van der Waals surface area contributed by atoms with Crippen LogP contribution in [0.15, 0.2) is 65.6 Å². The standard InChI is InChI=1S/C18H22N2O2S/c1-19(23(21,22)18-12-6-3-7-13-18)17-11-8-14-20(15-17)16-9-4-2-5-10-16/h2-7,9-10,12-13,17H,8,11,14-15H2,1H3. The summed E-state index contributed by atoms with van der Waals surface area (Å²) in [7, 11) is -1.74. The van der Waals surface area contributed by atoms with Crippen LogP contribution >= 0.6 is 0 Å². The highest BCUT2D eigenvalue weighted by molar-refractivity contribution is 7.89. The van der Waals surface area contributed by atoms with E-state index >= 15 is 0 Å². The molecule has 0 bridgehead atoms. The Morgan fingerprint density at radius 3 is 2.26 bits per heavy atom. The van der Waals surface area contributed by atoms with E-state index in [1.165, 1.54) is 4.31 Å². The maximum atomic E-state index is 12.8. The Morgan fingerprint density at radius 2 is 1.61 bits per heavy atom. The minimum atomic E-state index is -3.44. The van der Waals surface area contributed by atoms with Crippen LogP contribution in [-0.2, 0) is 10.0 Å². The van der Waals surface area contributed by atoms with Crippen molar-refractivity contribution in [2.24, 2.45) is 0 Å². The number of hydrogen-bond acceptors (Lipinski definition) is 3. The lowest BCUT2D eigenvalue weighted by Crippen LogP contribution is -2.48. The first kappa shape index (κ1) is 16.0. The van der Waals surface area contributed by atoms with Gasteiger partial charge >= 0.3 is 0 Å². The first-order valence-electron chi connectivity index (χ1n) is 7.92. The molecule has 1 fully saturated rings. The Labute approximate surface area is 138 Å². The minimum absolute atomic E-state index is 0.00541. The van der Waals surface area contributed by atoms with E-state index in [0.29, 0.717) is 4.90 Å². The largest absolute Gasteiger partial charge is 0.370 e. The molecule has 23 heavy (non-hydrogen) atoms. The van der Waals surface area contributed by atoms with Crippen LogP contribution in [0.5, 0.6) is 0 Å². The SMILES string of the molecule is CN(C1CCCN(c2ccccc2)C1)S(=O)(=O)c1ccccc1. The maximum absolute atomic E-state index is 12.8. The predicted molar refractivity (Wildman–Crippen MR) is 93.1 cm³/mol. The van der Waals surface area contributed by atoms with Crippen molar-refractivity contribution in [2.75, 3.05) is 25.0 Å². The zero-order chi connectivity index (χ0) is 16.3. The number of hydrogen-bond donors (Lipinski definition) is 0. The molecule has 122 valence electrons. The highest BCUT2D eigenvalue weighted by Gasteiger charge is 2.31. The average Bonchev–Trinajstić information content (AvgIpc) is 2.62. The van der Waals surface area contributed by atoms with Crippen LogP contribution in [-0.4, -0.2) is 38.9 Å². The smallest absolute Gasteiger partial charge is 0.243 e. The average molecular weight is 330 g/mol. The van der Waals surface area contributed by atoms with Crippen LogP contribution in [0.4, 0.5) is 5.69 Å². The van der Waals surface area contributed by atoms with Gasteiger partial charge in [-0.3, -0.25) is 0 Å². The molecule has 0 aliphatic carbocycles. The van der Waals surface area contributed by atoms with E-state index < -0.39 is 10.0 Å². The quantitative estimate of drug-likeness (QED) is 0.865. The Bertz CT molecular complexity index is 732. The summed E-state index contributed by atoms with van der Waals surface area (Å²) >= 11 is 0. The lowest BCUT2D eigenvalue weighted by molar-refractivity contribution is 0.320. The summed E-state index contributed by atoms with van der Waals surface area (Å²) in [5.74, 6) is 0. The lowest BCUT2D eigenvalue weighted by Gasteiger charge is -2.38. The molecule has 0 N–H and O–H groups in total. The molecule has 3 rings (SSSR count). The van der Waals surface area contributed by atoms with Gasteiger partial charge in [-0.25, -0.2) is 8.42 Å². The molecule has 1 aliphatic rings. The molecule has 4 nitrogen and oxygen atoms in total. The number of likely N-dealkylation sites (N-methyl/N-ethyl adjacent to an activating group) is 1. The fourth-order valence-electron chi connectivity index (χ4n) is 3.08. The molecule has 1 heterocycles. The fraction of sp³-hybridized carbons (Fsp3) is 0.333. The summed E-state index contributed by atoms with van der Waals surface area (Å²) < 4.78 is 27.1. The van der Waals surface area contributed by atoms with Crippen LogP contribution in [0, 0.1) is 0 Å². The minimum Gasteiger partial charge on any atom is -0.370 e. The van der Waals surface area contributed by atoms with E-state index in [9.17, 15) is 8.42 Å². The van der Waals surface area contributed by atoms with Gasteiger partial charge in [-0.2, -0.15) is 4.31 Å². The summed E-state index contributed by atoms with van der Waals surface area (Å²) in [6.07, 6.45) is 1.89. The third-order valence-corrected chi connectivity index (χ3v) is 6.38. The van der Waals surface area contributed by atoms with Crippen molar-refractivity contribution in [3.8, 4) is 0 Å². The molecular weight excluding hydrogens is 308 g/mol. The van der Waals surface area contributed by atoms with Gasteiger partial charge in [0, 0.05) is 31.9 Å². The number of benzene rings is 2. The molecule has 0 saturated carbocycles. The Morgan fingerprint density at radius 1 is 1.00 bits per heavy atom. The third-order valence-electron chi connectivity index (χ3n) is 4.45. The van der Waals surface area contributed by atoms with Crippen molar-refractivity contribution in [3.63, 3.8) is 0 Å². The van der Waals surface area contributed by atoms with Gasteiger partial charge in [0.25, 0.3) is 0 Å². The molecule has 0 aromatic heterocycles. The normalized spacial score (nSPS) is 19.0. The van der Waals surface area contributed by atoms with Crippen molar-refractivity contribution < 1.29 is 8.42 Å². The number of sulfonamides is 1. The second-order valence-corrected chi connectivity index (χ2v) is 7.91. The van der Waals surface area contributed by atoms with E-state index in [4.69, 9.17) is 0 Å². The van der Waals surface area contributed by atoms with Gasteiger partial charge in [0.2, 0.25) is 10.0 Å². The van der Waals surface area contributed by atoms with E-state index in [-0.39, 0.29) is 6.04 Å². The summed E-state index contributed by atoms with van der Waals surface area (Å²) in [6.45, 7) is 1.70. The van der Waals surface area contributed by atoms with E-state index in [0.717, 1.165) is 31.6 Å². The number of rotatable bonds is 4. The Hall–Kier alpha value is -1.85.